The molecular formula is C14H21NO. The number of carbonyl (C=O) groups is 1. The van der Waals surface area contributed by atoms with Gasteiger partial charge in [-0.15, -0.1) is 0 Å². The van der Waals surface area contributed by atoms with Gasteiger partial charge in [-0.25, -0.2) is 0 Å². The van der Waals surface area contributed by atoms with Crippen LogP contribution in [0.3, 0.4) is 0 Å². The molecule has 88 valence electrons. The molecule has 0 N–H and O–H groups in total. The molecule has 0 aromatic heterocycles. The SMILES string of the molecule is CCC(C)CN(Cc1ccccc1)C(C)=O. The van der Waals surface area contributed by atoms with Crippen LogP contribution >= 0.6 is 0 Å². The minimum atomic E-state index is 0.157. The van der Waals surface area contributed by atoms with Crippen LogP contribution in [0.15, 0.2) is 30.3 Å². The van der Waals surface area contributed by atoms with Crippen molar-refractivity contribution in [1.82, 2.24) is 4.90 Å². The predicted octanol–water partition coefficient (Wildman–Crippen LogP) is 3.08. The zero-order valence-corrected chi connectivity index (χ0v) is 10.4. The number of benzene rings is 1. The van der Waals surface area contributed by atoms with Gasteiger partial charge in [0.15, 0.2) is 0 Å². The standard InChI is InChI=1S/C14H21NO/c1-4-12(2)10-15(13(3)16)11-14-8-6-5-7-9-14/h5-9,12H,4,10-11H2,1-3H3. The van der Waals surface area contributed by atoms with Gasteiger partial charge >= 0.3 is 0 Å². The summed E-state index contributed by atoms with van der Waals surface area (Å²) in [6.45, 7) is 7.55. The highest BCUT2D eigenvalue weighted by molar-refractivity contribution is 5.73. The molecular weight excluding hydrogens is 198 g/mol. The van der Waals surface area contributed by atoms with Gasteiger partial charge < -0.3 is 4.90 Å². The number of carbonyl (C=O) groups excluding carboxylic acids is 1. The van der Waals surface area contributed by atoms with Crippen LogP contribution in [0, 0.1) is 5.92 Å². The summed E-state index contributed by atoms with van der Waals surface area (Å²) in [6, 6.07) is 10.1. The molecule has 1 aromatic carbocycles. The zero-order chi connectivity index (χ0) is 12.0. The molecule has 0 fully saturated rings. The van der Waals surface area contributed by atoms with E-state index in [1.54, 1.807) is 6.92 Å². The Kier molecular flexibility index (Phi) is 5.03. The highest BCUT2D eigenvalue weighted by atomic mass is 16.2. The van der Waals surface area contributed by atoms with Crippen LogP contribution in [0.1, 0.15) is 32.8 Å². The van der Waals surface area contributed by atoms with E-state index in [0.717, 1.165) is 19.5 Å². The number of rotatable bonds is 5. The maximum Gasteiger partial charge on any atom is 0.219 e. The molecule has 0 heterocycles. The lowest BCUT2D eigenvalue weighted by atomic mass is 10.1. The summed E-state index contributed by atoms with van der Waals surface area (Å²) in [7, 11) is 0. The molecule has 0 bridgehead atoms. The lowest BCUT2D eigenvalue weighted by Gasteiger charge is -2.24. The molecule has 0 spiro atoms. The maximum atomic E-state index is 11.5. The second kappa shape index (κ2) is 6.31. The summed E-state index contributed by atoms with van der Waals surface area (Å²) in [5.41, 5.74) is 1.20. The van der Waals surface area contributed by atoms with Crippen molar-refractivity contribution < 1.29 is 4.79 Å². The molecule has 1 rings (SSSR count). The lowest BCUT2D eigenvalue weighted by Crippen LogP contribution is -2.32. The molecule has 1 atom stereocenters. The Hall–Kier alpha value is -1.31. The van der Waals surface area contributed by atoms with E-state index in [-0.39, 0.29) is 5.91 Å². The van der Waals surface area contributed by atoms with Crippen LogP contribution in [0.25, 0.3) is 0 Å². The number of hydrogen-bond acceptors (Lipinski definition) is 1. The maximum absolute atomic E-state index is 11.5. The molecule has 2 nitrogen and oxygen atoms in total. The number of nitrogens with zero attached hydrogens (tertiary/aromatic N) is 1. The van der Waals surface area contributed by atoms with E-state index in [4.69, 9.17) is 0 Å². The fourth-order valence-electron chi connectivity index (χ4n) is 1.61. The summed E-state index contributed by atoms with van der Waals surface area (Å²) < 4.78 is 0. The Morgan fingerprint density at radius 2 is 1.94 bits per heavy atom. The lowest BCUT2D eigenvalue weighted by molar-refractivity contribution is -0.130. The van der Waals surface area contributed by atoms with Gasteiger partial charge in [0.2, 0.25) is 5.91 Å². The van der Waals surface area contributed by atoms with Gasteiger partial charge in [0.1, 0.15) is 0 Å². The van der Waals surface area contributed by atoms with Crippen molar-refractivity contribution in [1.29, 1.82) is 0 Å². The van der Waals surface area contributed by atoms with Gasteiger partial charge in [0, 0.05) is 20.0 Å². The van der Waals surface area contributed by atoms with Crippen molar-refractivity contribution >= 4 is 5.91 Å². The summed E-state index contributed by atoms with van der Waals surface area (Å²) in [4.78, 5) is 13.4. The van der Waals surface area contributed by atoms with Gasteiger partial charge in [-0.1, -0.05) is 50.6 Å². The number of hydrogen-bond donors (Lipinski definition) is 0. The zero-order valence-electron chi connectivity index (χ0n) is 10.4. The van der Waals surface area contributed by atoms with Crippen LogP contribution in [0.2, 0.25) is 0 Å². The van der Waals surface area contributed by atoms with Crippen molar-refractivity contribution in [3.05, 3.63) is 35.9 Å². The highest BCUT2D eigenvalue weighted by Crippen LogP contribution is 2.09. The smallest absolute Gasteiger partial charge is 0.219 e. The van der Waals surface area contributed by atoms with Gasteiger partial charge in [0.25, 0.3) is 0 Å². The van der Waals surface area contributed by atoms with Crippen LogP contribution < -0.4 is 0 Å². The average molecular weight is 219 g/mol. The van der Waals surface area contributed by atoms with E-state index in [2.05, 4.69) is 26.0 Å². The van der Waals surface area contributed by atoms with E-state index in [9.17, 15) is 4.79 Å². The van der Waals surface area contributed by atoms with Crippen LogP contribution in [-0.4, -0.2) is 17.4 Å². The van der Waals surface area contributed by atoms with E-state index < -0.39 is 0 Å². The molecule has 0 saturated carbocycles. The van der Waals surface area contributed by atoms with Crippen LogP contribution in [0.4, 0.5) is 0 Å². The Bertz CT molecular complexity index is 321. The quantitative estimate of drug-likeness (QED) is 0.745. The summed E-state index contributed by atoms with van der Waals surface area (Å²) in [5.74, 6) is 0.719. The highest BCUT2D eigenvalue weighted by Gasteiger charge is 2.12. The fourth-order valence-corrected chi connectivity index (χ4v) is 1.61. The Morgan fingerprint density at radius 3 is 2.44 bits per heavy atom. The number of amides is 1. The van der Waals surface area contributed by atoms with E-state index in [0.29, 0.717) is 5.92 Å². The third-order valence-corrected chi connectivity index (χ3v) is 2.89. The Morgan fingerprint density at radius 1 is 1.31 bits per heavy atom. The summed E-state index contributed by atoms with van der Waals surface area (Å²) in [6.07, 6.45) is 1.11. The molecule has 0 aliphatic carbocycles. The largest absolute Gasteiger partial charge is 0.338 e. The van der Waals surface area contributed by atoms with Crippen LogP contribution in [-0.2, 0) is 11.3 Å². The first kappa shape index (κ1) is 12.8. The summed E-state index contributed by atoms with van der Waals surface area (Å²) in [5, 5.41) is 0. The molecule has 2 heteroatoms. The van der Waals surface area contributed by atoms with Crippen molar-refractivity contribution in [3.63, 3.8) is 0 Å². The van der Waals surface area contributed by atoms with Gasteiger partial charge in [-0.2, -0.15) is 0 Å². The van der Waals surface area contributed by atoms with Crippen molar-refractivity contribution in [2.24, 2.45) is 5.92 Å². The van der Waals surface area contributed by atoms with Crippen molar-refractivity contribution in [2.45, 2.75) is 33.7 Å². The molecule has 0 aliphatic rings. The first-order valence-electron chi connectivity index (χ1n) is 5.93. The van der Waals surface area contributed by atoms with Gasteiger partial charge in [-0.3, -0.25) is 4.79 Å². The normalized spacial score (nSPS) is 12.2. The van der Waals surface area contributed by atoms with E-state index >= 15 is 0 Å². The predicted molar refractivity (Wildman–Crippen MR) is 67.0 cm³/mol. The van der Waals surface area contributed by atoms with Gasteiger partial charge in [0.05, 0.1) is 0 Å². The third-order valence-electron chi connectivity index (χ3n) is 2.89. The third kappa shape index (κ3) is 4.05. The molecule has 1 aromatic rings. The molecule has 0 saturated heterocycles. The van der Waals surface area contributed by atoms with Crippen LogP contribution in [0.5, 0.6) is 0 Å². The Labute approximate surface area is 98.3 Å². The van der Waals surface area contributed by atoms with Crippen molar-refractivity contribution in [3.8, 4) is 0 Å². The first-order valence-corrected chi connectivity index (χ1v) is 5.93. The topological polar surface area (TPSA) is 20.3 Å². The van der Waals surface area contributed by atoms with Gasteiger partial charge in [-0.05, 0) is 11.5 Å². The first-order chi connectivity index (χ1) is 7.63. The average Bonchev–Trinajstić information content (AvgIpc) is 2.29. The minimum Gasteiger partial charge on any atom is -0.338 e. The summed E-state index contributed by atoms with van der Waals surface area (Å²) >= 11 is 0. The monoisotopic (exact) mass is 219 g/mol. The minimum absolute atomic E-state index is 0.157. The second-order valence-electron chi connectivity index (χ2n) is 4.40. The second-order valence-corrected chi connectivity index (χ2v) is 4.40. The fraction of sp³-hybridized carbons (Fsp3) is 0.500. The van der Waals surface area contributed by atoms with E-state index in [1.165, 1.54) is 5.56 Å². The molecule has 1 amide bonds. The molecule has 1 unspecified atom stereocenters. The van der Waals surface area contributed by atoms with Crippen molar-refractivity contribution in [2.75, 3.05) is 6.54 Å². The molecule has 0 radical (unpaired) electrons. The molecule has 16 heavy (non-hydrogen) atoms. The van der Waals surface area contributed by atoms with E-state index in [1.807, 2.05) is 23.1 Å². The Balaban J connectivity index is 2.62. The molecule has 0 aliphatic heterocycles.